The van der Waals surface area contributed by atoms with Crippen LogP contribution in [0.4, 0.5) is 0 Å². The third kappa shape index (κ3) is 4.24. The predicted molar refractivity (Wildman–Crippen MR) is 115 cm³/mol. The summed E-state index contributed by atoms with van der Waals surface area (Å²) in [4.78, 5) is 12.1. The summed E-state index contributed by atoms with van der Waals surface area (Å²) in [5.41, 5.74) is 3.52. The third-order valence-electron chi connectivity index (χ3n) is 6.15. The molecule has 1 aliphatic heterocycles. The Morgan fingerprint density at radius 2 is 2.00 bits per heavy atom. The molecule has 1 aromatic carbocycles. The first-order valence-electron chi connectivity index (χ1n) is 10.7. The van der Waals surface area contributed by atoms with Gasteiger partial charge >= 0.3 is 0 Å². The van der Waals surface area contributed by atoms with Gasteiger partial charge in [0.1, 0.15) is 17.3 Å². The molecular formula is C24H26ClN3O. The van der Waals surface area contributed by atoms with Gasteiger partial charge in [0.25, 0.3) is 0 Å². The van der Waals surface area contributed by atoms with E-state index in [1.165, 1.54) is 43.4 Å². The van der Waals surface area contributed by atoms with Gasteiger partial charge in [-0.2, -0.15) is 0 Å². The van der Waals surface area contributed by atoms with E-state index >= 15 is 0 Å². The maximum Gasteiger partial charge on any atom is 0.134 e. The molecule has 3 aromatic rings. The number of rotatable bonds is 4. The van der Waals surface area contributed by atoms with Crippen LogP contribution in [0.3, 0.4) is 0 Å². The number of benzene rings is 1. The Bertz CT molecular complexity index is 993. The number of hydrogen-bond donors (Lipinski definition) is 0. The van der Waals surface area contributed by atoms with Crippen LogP contribution in [0.15, 0.2) is 47.0 Å². The molecule has 4 nitrogen and oxygen atoms in total. The summed E-state index contributed by atoms with van der Waals surface area (Å²) in [6.45, 7) is 2.68. The highest BCUT2D eigenvalue weighted by Crippen LogP contribution is 2.32. The van der Waals surface area contributed by atoms with Crippen LogP contribution in [-0.2, 0) is 19.5 Å². The Hall–Kier alpha value is -2.17. The Kier molecular flexibility index (Phi) is 5.38. The quantitative estimate of drug-likeness (QED) is 0.532. The molecule has 5 rings (SSSR count). The molecule has 2 aliphatic rings. The molecule has 0 bridgehead atoms. The van der Waals surface area contributed by atoms with Crippen molar-refractivity contribution in [1.29, 1.82) is 0 Å². The molecule has 0 saturated heterocycles. The summed E-state index contributed by atoms with van der Waals surface area (Å²) in [5, 5.41) is 0.723. The van der Waals surface area contributed by atoms with Crippen LogP contribution < -0.4 is 0 Å². The van der Waals surface area contributed by atoms with Crippen molar-refractivity contribution in [3.05, 3.63) is 70.5 Å². The van der Waals surface area contributed by atoms with E-state index in [-0.39, 0.29) is 0 Å². The van der Waals surface area contributed by atoms with E-state index in [1.54, 1.807) is 0 Å². The smallest absolute Gasteiger partial charge is 0.134 e. The van der Waals surface area contributed by atoms with Gasteiger partial charge in [0.15, 0.2) is 0 Å². The van der Waals surface area contributed by atoms with Crippen LogP contribution in [0, 0.1) is 0 Å². The monoisotopic (exact) mass is 407 g/mol. The zero-order chi connectivity index (χ0) is 19.6. The maximum absolute atomic E-state index is 6.10. The topological polar surface area (TPSA) is 42.2 Å². The van der Waals surface area contributed by atoms with Crippen molar-refractivity contribution in [2.75, 3.05) is 6.54 Å². The molecule has 0 amide bonds. The molecule has 29 heavy (non-hydrogen) atoms. The molecule has 3 heterocycles. The first-order chi connectivity index (χ1) is 14.2. The summed E-state index contributed by atoms with van der Waals surface area (Å²) < 4.78 is 6.08. The fourth-order valence-electron chi connectivity index (χ4n) is 4.56. The number of nitrogens with zero attached hydrogens (tertiary/aromatic N) is 3. The lowest BCUT2D eigenvalue weighted by Gasteiger charge is -2.28. The number of halogens is 1. The van der Waals surface area contributed by atoms with Gasteiger partial charge in [-0.3, -0.25) is 4.90 Å². The van der Waals surface area contributed by atoms with Gasteiger partial charge in [-0.25, -0.2) is 9.97 Å². The van der Waals surface area contributed by atoms with Crippen LogP contribution in [0.2, 0.25) is 5.02 Å². The largest absolute Gasteiger partial charge is 0.460 e. The van der Waals surface area contributed by atoms with Crippen molar-refractivity contribution in [2.24, 2.45) is 0 Å². The van der Waals surface area contributed by atoms with Gasteiger partial charge in [-0.15, -0.1) is 0 Å². The predicted octanol–water partition coefficient (Wildman–Crippen LogP) is 6.00. The molecule has 0 N–H and O–H groups in total. The Morgan fingerprint density at radius 3 is 2.86 bits per heavy atom. The van der Waals surface area contributed by atoms with Crippen molar-refractivity contribution >= 4 is 11.6 Å². The van der Waals surface area contributed by atoms with E-state index in [4.69, 9.17) is 26.0 Å². The SMILES string of the molecule is Clc1cccc(-c2ccc(CN3CCc4nc(C5CCCCC5)ncc4C3)o2)c1. The van der Waals surface area contributed by atoms with Crippen LogP contribution >= 0.6 is 11.6 Å². The fourth-order valence-corrected chi connectivity index (χ4v) is 4.75. The van der Waals surface area contributed by atoms with Crippen LogP contribution in [0.1, 0.15) is 60.9 Å². The lowest BCUT2D eigenvalue weighted by atomic mass is 9.88. The molecule has 1 fully saturated rings. The highest BCUT2D eigenvalue weighted by Gasteiger charge is 2.23. The normalized spacial score (nSPS) is 18.0. The molecular weight excluding hydrogens is 382 g/mol. The summed E-state index contributed by atoms with van der Waals surface area (Å²) >= 11 is 6.10. The van der Waals surface area contributed by atoms with Gasteiger partial charge in [0.2, 0.25) is 0 Å². The van der Waals surface area contributed by atoms with E-state index in [1.807, 2.05) is 30.3 Å². The van der Waals surface area contributed by atoms with Gasteiger partial charge in [0.05, 0.1) is 6.54 Å². The van der Waals surface area contributed by atoms with Gasteiger partial charge in [-0.1, -0.05) is 43.0 Å². The molecule has 0 unspecified atom stereocenters. The van der Waals surface area contributed by atoms with Gasteiger partial charge in [0, 0.05) is 53.5 Å². The van der Waals surface area contributed by atoms with Crippen molar-refractivity contribution < 1.29 is 4.42 Å². The molecule has 0 spiro atoms. The molecule has 0 atom stereocenters. The van der Waals surface area contributed by atoms with Crippen molar-refractivity contribution in [2.45, 2.75) is 57.5 Å². The zero-order valence-corrected chi connectivity index (χ0v) is 17.4. The number of fused-ring (bicyclic) bond motifs is 1. The lowest BCUT2D eigenvalue weighted by Crippen LogP contribution is -2.31. The number of aromatic nitrogens is 2. The van der Waals surface area contributed by atoms with Crippen molar-refractivity contribution in [1.82, 2.24) is 14.9 Å². The maximum atomic E-state index is 6.10. The number of furan rings is 1. The van der Waals surface area contributed by atoms with E-state index in [2.05, 4.69) is 17.2 Å². The highest BCUT2D eigenvalue weighted by molar-refractivity contribution is 6.30. The molecule has 1 aliphatic carbocycles. The van der Waals surface area contributed by atoms with Crippen LogP contribution in [-0.4, -0.2) is 21.4 Å². The van der Waals surface area contributed by atoms with Gasteiger partial charge in [-0.05, 0) is 37.1 Å². The first kappa shape index (κ1) is 18.8. The van der Waals surface area contributed by atoms with Crippen LogP contribution in [0.5, 0.6) is 0 Å². The minimum Gasteiger partial charge on any atom is -0.460 e. The van der Waals surface area contributed by atoms with Crippen LogP contribution in [0.25, 0.3) is 11.3 Å². The average Bonchev–Trinajstić information content (AvgIpc) is 3.22. The van der Waals surface area contributed by atoms with Gasteiger partial charge < -0.3 is 4.42 Å². The second-order valence-electron chi connectivity index (χ2n) is 8.27. The summed E-state index contributed by atoms with van der Waals surface area (Å²) in [7, 11) is 0. The highest BCUT2D eigenvalue weighted by atomic mass is 35.5. The molecule has 150 valence electrons. The standard InChI is InChI=1S/C24H26ClN3O/c25-20-8-4-7-18(13-20)23-10-9-21(29-23)16-28-12-11-22-19(15-28)14-26-24(27-22)17-5-2-1-3-6-17/h4,7-10,13-14,17H,1-3,5-6,11-12,15-16H2. The Labute approximate surface area is 176 Å². The van der Waals surface area contributed by atoms with E-state index in [0.717, 1.165) is 54.0 Å². The van der Waals surface area contributed by atoms with E-state index < -0.39 is 0 Å². The summed E-state index contributed by atoms with van der Waals surface area (Å²) in [5.74, 6) is 3.48. The van der Waals surface area contributed by atoms with Crippen molar-refractivity contribution in [3.8, 4) is 11.3 Å². The Morgan fingerprint density at radius 1 is 1.10 bits per heavy atom. The average molecular weight is 408 g/mol. The van der Waals surface area contributed by atoms with E-state index in [0.29, 0.717) is 5.92 Å². The summed E-state index contributed by atoms with van der Waals surface area (Å²) in [6, 6.07) is 11.9. The second kappa shape index (κ2) is 8.29. The first-order valence-corrected chi connectivity index (χ1v) is 11.0. The molecule has 0 radical (unpaired) electrons. The Balaban J connectivity index is 1.26. The number of hydrogen-bond acceptors (Lipinski definition) is 4. The fraction of sp³-hybridized carbons (Fsp3) is 0.417. The summed E-state index contributed by atoms with van der Waals surface area (Å²) in [6.07, 6.45) is 9.55. The molecule has 1 saturated carbocycles. The van der Waals surface area contributed by atoms with E-state index in [9.17, 15) is 0 Å². The zero-order valence-electron chi connectivity index (χ0n) is 16.6. The third-order valence-corrected chi connectivity index (χ3v) is 6.39. The molecule has 2 aromatic heterocycles. The minimum absolute atomic E-state index is 0.570. The molecule has 5 heteroatoms. The minimum atomic E-state index is 0.570. The second-order valence-corrected chi connectivity index (χ2v) is 8.71. The lowest BCUT2D eigenvalue weighted by molar-refractivity contribution is 0.224. The van der Waals surface area contributed by atoms with Crippen molar-refractivity contribution in [3.63, 3.8) is 0 Å².